The van der Waals surface area contributed by atoms with Gasteiger partial charge in [-0.2, -0.15) is 0 Å². The summed E-state index contributed by atoms with van der Waals surface area (Å²) in [6, 6.07) is 1.80. The summed E-state index contributed by atoms with van der Waals surface area (Å²) >= 11 is 0. The fourth-order valence-electron chi connectivity index (χ4n) is 2.18. The van der Waals surface area contributed by atoms with Gasteiger partial charge >= 0.3 is 0 Å². The summed E-state index contributed by atoms with van der Waals surface area (Å²) in [7, 11) is 0. The molecule has 1 saturated carbocycles. The van der Waals surface area contributed by atoms with Crippen molar-refractivity contribution >= 4 is 11.6 Å². The SMILES string of the molecule is CCCN(CC1CC1)C(=O)c1cnc(C)cc1NN. The first kappa shape index (κ1) is 13.8. The molecule has 0 atom stereocenters. The van der Waals surface area contributed by atoms with Crippen LogP contribution in [0.15, 0.2) is 12.3 Å². The van der Waals surface area contributed by atoms with Gasteiger partial charge in [-0.05, 0) is 38.2 Å². The van der Waals surface area contributed by atoms with Crippen LogP contribution in [0.1, 0.15) is 42.2 Å². The van der Waals surface area contributed by atoms with Gasteiger partial charge in [-0.25, -0.2) is 0 Å². The molecular formula is C14H22N4O. The van der Waals surface area contributed by atoms with Crippen LogP contribution >= 0.6 is 0 Å². The van der Waals surface area contributed by atoms with E-state index in [4.69, 9.17) is 5.84 Å². The summed E-state index contributed by atoms with van der Waals surface area (Å²) < 4.78 is 0. The number of hydrazine groups is 1. The van der Waals surface area contributed by atoms with Crippen molar-refractivity contribution < 1.29 is 4.79 Å². The number of nitrogens with one attached hydrogen (secondary N) is 1. The van der Waals surface area contributed by atoms with Crippen molar-refractivity contribution in [1.29, 1.82) is 0 Å². The second-order valence-corrected chi connectivity index (χ2v) is 5.21. The number of aromatic nitrogens is 1. The Kier molecular flexibility index (Phi) is 4.37. The van der Waals surface area contributed by atoms with Gasteiger partial charge in [0.2, 0.25) is 0 Å². The van der Waals surface area contributed by atoms with E-state index < -0.39 is 0 Å². The van der Waals surface area contributed by atoms with Crippen molar-refractivity contribution in [2.45, 2.75) is 33.1 Å². The number of carbonyl (C=O) groups excluding carboxylic acids is 1. The molecule has 0 saturated heterocycles. The Labute approximate surface area is 114 Å². The summed E-state index contributed by atoms with van der Waals surface area (Å²) in [5.74, 6) is 6.20. The highest BCUT2D eigenvalue weighted by molar-refractivity contribution is 5.99. The lowest BCUT2D eigenvalue weighted by Crippen LogP contribution is -2.34. The van der Waals surface area contributed by atoms with Crippen LogP contribution in [0.25, 0.3) is 0 Å². The third kappa shape index (κ3) is 3.44. The topological polar surface area (TPSA) is 71.2 Å². The van der Waals surface area contributed by atoms with Crippen LogP contribution in [0.4, 0.5) is 5.69 Å². The van der Waals surface area contributed by atoms with Crippen molar-refractivity contribution in [3.05, 3.63) is 23.5 Å². The minimum atomic E-state index is 0.0224. The van der Waals surface area contributed by atoms with Gasteiger partial charge in [0, 0.05) is 25.0 Å². The molecule has 5 nitrogen and oxygen atoms in total. The van der Waals surface area contributed by atoms with Crippen LogP contribution in [0.2, 0.25) is 0 Å². The highest BCUT2D eigenvalue weighted by atomic mass is 16.2. The van der Waals surface area contributed by atoms with Crippen LogP contribution < -0.4 is 11.3 Å². The molecule has 0 aliphatic heterocycles. The molecule has 1 aliphatic rings. The average Bonchev–Trinajstić information content (AvgIpc) is 3.21. The smallest absolute Gasteiger partial charge is 0.257 e. The lowest BCUT2D eigenvalue weighted by molar-refractivity contribution is 0.0748. The van der Waals surface area contributed by atoms with E-state index in [1.807, 2.05) is 11.8 Å². The van der Waals surface area contributed by atoms with Gasteiger partial charge in [-0.1, -0.05) is 6.92 Å². The van der Waals surface area contributed by atoms with Gasteiger partial charge in [0.1, 0.15) is 0 Å². The molecule has 0 aromatic carbocycles. The molecule has 0 bridgehead atoms. The summed E-state index contributed by atoms with van der Waals surface area (Å²) in [5.41, 5.74) is 4.64. The fraction of sp³-hybridized carbons (Fsp3) is 0.571. The van der Waals surface area contributed by atoms with Crippen molar-refractivity contribution in [2.24, 2.45) is 11.8 Å². The van der Waals surface area contributed by atoms with Crippen molar-refractivity contribution in [2.75, 3.05) is 18.5 Å². The molecule has 1 heterocycles. The highest BCUT2D eigenvalue weighted by Gasteiger charge is 2.27. The van der Waals surface area contributed by atoms with Crippen LogP contribution in [-0.4, -0.2) is 28.9 Å². The summed E-state index contributed by atoms with van der Waals surface area (Å²) in [4.78, 5) is 18.7. The summed E-state index contributed by atoms with van der Waals surface area (Å²) in [5, 5.41) is 0. The van der Waals surface area contributed by atoms with Crippen molar-refractivity contribution in [1.82, 2.24) is 9.88 Å². The number of pyridine rings is 1. The first-order valence-electron chi connectivity index (χ1n) is 6.88. The first-order valence-corrected chi connectivity index (χ1v) is 6.88. The number of anilines is 1. The molecule has 1 aromatic heterocycles. The molecule has 0 unspecified atom stereocenters. The number of amides is 1. The number of nitrogens with zero attached hydrogens (tertiary/aromatic N) is 2. The van der Waals surface area contributed by atoms with E-state index in [0.717, 1.165) is 25.2 Å². The number of rotatable bonds is 6. The number of hydrogen-bond donors (Lipinski definition) is 2. The second-order valence-electron chi connectivity index (χ2n) is 5.21. The maximum absolute atomic E-state index is 12.6. The van der Waals surface area contributed by atoms with Gasteiger partial charge in [-0.15, -0.1) is 0 Å². The maximum Gasteiger partial charge on any atom is 0.257 e. The van der Waals surface area contributed by atoms with Crippen molar-refractivity contribution in [3.8, 4) is 0 Å². The van der Waals surface area contributed by atoms with Crippen LogP contribution in [0.5, 0.6) is 0 Å². The molecule has 1 aromatic rings. The minimum absolute atomic E-state index is 0.0224. The third-order valence-electron chi connectivity index (χ3n) is 3.38. The fourth-order valence-corrected chi connectivity index (χ4v) is 2.18. The predicted molar refractivity (Wildman–Crippen MR) is 75.7 cm³/mol. The van der Waals surface area contributed by atoms with E-state index in [2.05, 4.69) is 17.3 Å². The van der Waals surface area contributed by atoms with Crippen molar-refractivity contribution in [3.63, 3.8) is 0 Å². The zero-order valence-corrected chi connectivity index (χ0v) is 11.6. The zero-order chi connectivity index (χ0) is 13.8. The number of nitrogens with two attached hydrogens (primary N) is 1. The van der Waals surface area contributed by atoms with Gasteiger partial charge in [0.25, 0.3) is 5.91 Å². The lowest BCUT2D eigenvalue weighted by Gasteiger charge is -2.23. The van der Waals surface area contributed by atoms with Crippen LogP contribution in [-0.2, 0) is 0 Å². The Morgan fingerprint density at radius 3 is 2.89 bits per heavy atom. The molecule has 2 rings (SSSR count). The van der Waals surface area contributed by atoms with Crippen LogP contribution in [0.3, 0.4) is 0 Å². The standard InChI is InChI=1S/C14H22N4O/c1-3-6-18(9-11-4-5-11)14(19)12-8-16-10(2)7-13(12)17-15/h7-8,11H,3-6,9,15H2,1-2H3,(H,16,17). The van der Waals surface area contributed by atoms with Gasteiger partial charge in [-0.3, -0.25) is 15.6 Å². The predicted octanol–water partition coefficient (Wildman–Crippen LogP) is 1.94. The molecular weight excluding hydrogens is 240 g/mol. The van der Waals surface area contributed by atoms with E-state index in [0.29, 0.717) is 17.2 Å². The molecule has 1 amide bonds. The average molecular weight is 262 g/mol. The Morgan fingerprint density at radius 1 is 1.58 bits per heavy atom. The maximum atomic E-state index is 12.6. The van der Waals surface area contributed by atoms with Crippen LogP contribution in [0, 0.1) is 12.8 Å². The normalized spacial score (nSPS) is 14.3. The van der Waals surface area contributed by atoms with E-state index in [-0.39, 0.29) is 5.91 Å². The first-order chi connectivity index (χ1) is 9.15. The third-order valence-corrected chi connectivity index (χ3v) is 3.38. The molecule has 19 heavy (non-hydrogen) atoms. The number of hydrogen-bond acceptors (Lipinski definition) is 4. The number of carbonyl (C=O) groups is 1. The molecule has 1 fully saturated rings. The molecule has 5 heteroatoms. The summed E-state index contributed by atoms with van der Waals surface area (Å²) in [6.07, 6.45) is 5.05. The molecule has 0 spiro atoms. The van der Waals surface area contributed by atoms with E-state index >= 15 is 0 Å². The molecule has 0 radical (unpaired) electrons. The number of aryl methyl sites for hydroxylation is 1. The second kappa shape index (κ2) is 6.02. The van der Waals surface area contributed by atoms with Gasteiger partial charge in [0.05, 0.1) is 11.3 Å². The molecule has 1 aliphatic carbocycles. The quantitative estimate of drug-likeness (QED) is 0.607. The molecule has 104 valence electrons. The zero-order valence-electron chi connectivity index (χ0n) is 11.6. The minimum Gasteiger partial charge on any atom is -0.338 e. The lowest BCUT2D eigenvalue weighted by atomic mass is 10.1. The number of nitrogen functional groups attached to an aromatic ring is 1. The highest BCUT2D eigenvalue weighted by Crippen LogP contribution is 2.30. The largest absolute Gasteiger partial charge is 0.338 e. The van der Waals surface area contributed by atoms with E-state index in [1.54, 1.807) is 12.3 Å². The van der Waals surface area contributed by atoms with E-state index in [9.17, 15) is 4.79 Å². The Hall–Kier alpha value is -1.62. The Bertz CT molecular complexity index is 457. The van der Waals surface area contributed by atoms with Gasteiger partial charge in [0.15, 0.2) is 0 Å². The van der Waals surface area contributed by atoms with Gasteiger partial charge < -0.3 is 10.3 Å². The monoisotopic (exact) mass is 262 g/mol. The Morgan fingerprint density at radius 2 is 2.32 bits per heavy atom. The summed E-state index contributed by atoms with van der Waals surface area (Å²) in [6.45, 7) is 5.60. The van der Waals surface area contributed by atoms with E-state index in [1.165, 1.54) is 12.8 Å². The Balaban J connectivity index is 2.19. The molecule has 3 N–H and O–H groups in total.